The lowest BCUT2D eigenvalue weighted by molar-refractivity contribution is -0.131. The number of aryl methyl sites for hydroxylation is 3. The van der Waals surface area contributed by atoms with Crippen LogP contribution in [0, 0.1) is 20.8 Å². The van der Waals surface area contributed by atoms with Crippen LogP contribution in [0.1, 0.15) is 41.6 Å². The van der Waals surface area contributed by atoms with Gasteiger partial charge in [0.15, 0.2) is 0 Å². The Bertz CT molecular complexity index is 795. The molecule has 26 heavy (non-hydrogen) atoms. The first-order valence-corrected chi connectivity index (χ1v) is 9.41. The summed E-state index contributed by atoms with van der Waals surface area (Å²) in [5.74, 6) is 2.07. The van der Waals surface area contributed by atoms with Crippen molar-refractivity contribution in [3.63, 3.8) is 0 Å². The summed E-state index contributed by atoms with van der Waals surface area (Å²) < 4.78 is 0. The predicted molar refractivity (Wildman–Crippen MR) is 105 cm³/mol. The van der Waals surface area contributed by atoms with Crippen molar-refractivity contribution >= 4 is 11.7 Å². The van der Waals surface area contributed by atoms with Crippen LogP contribution in [0.3, 0.4) is 0 Å². The summed E-state index contributed by atoms with van der Waals surface area (Å²) in [5, 5.41) is 0. The zero-order valence-electron chi connectivity index (χ0n) is 16.2. The van der Waals surface area contributed by atoms with Crippen molar-refractivity contribution in [1.82, 2.24) is 14.9 Å². The van der Waals surface area contributed by atoms with E-state index in [9.17, 15) is 4.79 Å². The average molecular weight is 352 g/mol. The molecule has 5 nitrogen and oxygen atoms in total. The van der Waals surface area contributed by atoms with Gasteiger partial charge in [0, 0.05) is 50.3 Å². The van der Waals surface area contributed by atoms with E-state index in [0.717, 1.165) is 49.9 Å². The molecule has 2 heterocycles. The molecule has 1 aliphatic rings. The number of piperazine rings is 1. The summed E-state index contributed by atoms with van der Waals surface area (Å²) in [4.78, 5) is 25.6. The molecule has 2 aromatic rings. The minimum absolute atomic E-state index is 0.236. The summed E-state index contributed by atoms with van der Waals surface area (Å²) >= 11 is 0. The molecule has 1 amide bonds. The topological polar surface area (TPSA) is 49.3 Å². The summed E-state index contributed by atoms with van der Waals surface area (Å²) in [6.07, 6.45) is 1.41. The van der Waals surface area contributed by atoms with E-state index in [1.165, 1.54) is 16.7 Å². The molecule has 1 fully saturated rings. The number of amides is 1. The zero-order chi connectivity index (χ0) is 18.7. The van der Waals surface area contributed by atoms with Crippen molar-refractivity contribution in [2.75, 3.05) is 31.1 Å². The SMILES string of the molecule is CCC(=O)N1CCN(c2nc(C)nc(C)c2Cc2ccccc2C)CC1. The third-order valence-electron chi connectivity index (χ3n) is 5.17. The van der Waals surface area contributed by atoms with Gasteiger partial charge < -0.3 is 9.80 Å². The number of aromatic nitrogens is 2. The molecule has 0 aliphatic carbocycles. The molecule has 1 saturated heterocycles. The molecule has 0 unspecified atom stereocenters. The number of hydrogen-bond donors (Lipinski definition) is 0. The maximum Gasteiger partial charge on any atom is 0.222 e. The van der Waals surface area contributed by atoms with E-state index in [1.54, 1.807) is 0 Å². The van der Waals surface area contributed by atoms with Crippen LogP contribution in [0.4, 0.5) is 5.82 Å². The second-order valence-corrected chi connectivity index (χ2v) is 6.98. The Morgan fingerprint density at radius 1 is 1.04 bits per heavy atom. The van der Waals surface area contributed by atoms with Crippen molar-refractivity contribution < 1.29 is 4.79 Å². The van der Waals surface area contributed by atoms with Crippen LogP contribution in [-0.4, -0.2) is 47.0 Å². The standard InChI is InChI=1S/C21H28N4O/c1-5-20(26)24-10-12-25(13-11-24)21-19(16(3)22-17(4)23-21)14-18-9-7-6-8-15(18)2/h6-9H,5,10-14H2,1-4H3. The molecule has 138 valence electrons. The number of benzene rings is 1. The smallest absolute Gasteiger partial charge is 0.222 e. The van der Waals surface area contributed by atoms with Crippen LogP contribution < -0.4 is 4.90 Å². The number of anilines is 1. The second kappa shape index (κ2) is 7.85. The van der Waals surface area contributed by atoms with E-state index in [0.29, 0.717) is 6.42 Å². The van der Waals surface area contributed by atoms with Gasteiger partial charge in [-0.2, -0.15) is 0 Å². The normalized spacial score (nSPS) is 14.6. The zero-order valence-corrected chi connectivity index (χ0v) is 16.2. The molecule has 1 aliphatic heterocycles. The minimum atomic E-state index is 0.236. The van der Waals surface area contributed by atoms with Gasteiger partial charge in [-0.1, -0.05) is 31.2 Å². The largest absolute Gasteiger partial charge is 0.353 e. The van der Waals surface area contributed by atoms with Crippen LogP contribution in [0.25, 0.3) is 0 Å². The van der Waals surface area contributed by atoms with Crippen LogP contribution in [0.2, 0.25) is 0 Å². The molecule has 0 atom stereocenters. The maximum atomic E-state index is 11.9. The first-order valence-electron chi connectivity index (χ1n) is 9.41. The molecule has 0 N–H and O–H groups in total. The van der Waals surface area contributed by atoms with E-state index >= 15 is 0 Å². The molecule has 0 radical (unpaired) electrons. The van der Waals surface area contributed by atoms with Gasteiger partial charge in [0.05, 0.1) is 0 Å². The van der Waals surface area contributed by atoms with E-state index in [4.69, 9.17) is 4.98 Å². The summed E-state index contributed by atoms with van der Waals surface area (Å²) in [6.45, 7) is 11.3. The highest BCUT2D eigenvalue weighted by Gasteiger charge is 2.24. The molecule has 0 saturated carbocycles. The average Bonchev–Trinajstić information content (AvgIpc) is 2.64. The molecule has 3 rings (SSSR count). The second-order valence-electron chi connectivity index (χ2n) is 6.98. The maximum absolute atomic E-state index is 11.9. The van der Waals surface area contributed by atoms with Crippen molar-refractivity contribution in [2.24, 2.45) is 0 Å². The van der Waals surface area contributed by atoms with E-state index < -0.39 is 0 Å². The van der Waals surface area contributed by atoms with Gasteiger partial charge in [0.25, 0.3) is 0 Å². The van der Waals surface area contributed by atoms with Gasteiger partial charge in [0.2, 0.25) is 5.91 Å². The van der Waals surface area contributed by atoms with Crippen molar-refractivity contribution in [3.05, 3.63) is 52.5 Å². The van der Waals surface area contributed by atoms with Gasteiger partial charge in [0.1, 0.15) is 11.6 Å². The van der Waals surface area contributed by atoms with E-state index in [1.807, 2.05) is 18.7 Å². The highest BCUT2D eigenvalue weighted by atomic mass is 16.2. The molecular formula is C21H28N4O. The highest BCUT2D eigenvalue weighted by molar-refractivity contribution is 5.76. The fourth-order valence-corrected chi connectivity index (χ4v) is 3.58. The molecule has 5 heteroatoms. The minimum Gasteiger partial charge on any atom is -0.353 e. The molecular weight excluding hydrogens is 324 g/mol. The van der Waals surface area contributed by atoms with Crippen LogP contribution in [-0.2, 0) is 11.2 Å². The van der Waals surface area contributed by atoms with Crippen LogP contribution in [0.5, 0.6) is 0 Å². The van der Waals surface area contributed by atoms with Crippen LogP contribution in [0.15, 0.2) is 24.3 Å². The van der Waals surface area contributed by atoms with Crippen molar-refractivity contribution in [3.8, 4) is 0 Å². The van der Waals surface area contributed by atoms with Gasteiger partial charge in [-0.25, -0.2) is 9.97 Å². The summed E-state index contributed by atoms with van der Waals surface area (Å²) in [6, 6.07) is 8.48. The fourth-order valence-electron chi connectivity index (χ4n) is 3.58. The molecule has 1 aromatic heterocycles. The lowest BCUT2D eigenvalue weighted by atomic mass is 9.99. The molecule has 0 bridgehead atoms. The molecule has 1 aromatic carbocycles. The number of carbonyl (C=O) groups excluding carboxylic acids is 1. The lowest BCUT2D eigenvalue weighted by Gasteiger charge is -2.36. The van der Waals surface area contributed by atoms with E-state index in [2.05, 4.69) is 48.0 Å². The first kappa shape index (κ1) is 18.4. The number of nitrogens with zero attached hydrogens (tertiary/aromatic N) is 4. The quantitative estimate of drug-likeness (QED) is 0.849. The van der Waals surface area contributed by atoms with Crippen LogP contribution >= 0.6 is 0 Å². The number of carbonyl (C=O) groups is 1. The van der Waals surface area contributed by atoms with E-state index in [-0.39, 0.29) is 5.91 Å². The van der Waals surface area contributed by atoms with Crippen molar-refractivity contribution in [1.29, 1.82) is 0 Å². The Morgan fingerprint density at radius 3 is 2.38 bits per heavy atom. The van der Waals surface area contributed by atoms with Gasteiger partial charge >= 0.3 is 0 Å². The monoisotopic (exact) mass is 352 g/mol. The van der Waals surface area contributed by atoms with Gasteiger partial charge in [-0.3, -0.25) is 4.79 Å². The van der Waals surface area contributed by atoms with Gasteiger partial charge in [-0.15, -0.1) is 0 Å². The number of rotatable bonds is 4. The fraction of sp³-hybridized carbons (Fsp3) is 0.476. The Morgan fingerprint density at radius 2 is 1.73 bits per heavy atom. The number of hydrogen-bond acceptors (Lipinski definition) is 4. The summed E-state index contributed by atoms with van der Waals surface area (Å²) in [7, 11) is 0. The lowest BCUT2D eigenvalue weighted by Crippen LogP contribution is -2.49. The highest BCUT2D eigenvalue weighted by Crippen LogP contribution is 2.26. The Balaban J connectivity index is 1.88. The molecule has 0 spiro atoms. The Hall–Kier alpha value is -2.43. The summed E-state index contributed by atoms with van der Waals surface area (Å²) in [5.41, 5.74) is 4.84. The predicted octanol–water partition coefficient (Wildman–Crippen LogP) is 3.05. The van der Waals surface area contributed by atoms with Crippen molar-refractivity contribution in [2.45, 2.75) is 40.5 Å². The third-order valence-corrected chi connectivity index (χ3v) is 5.17. The third kappa shape index (κ3) is 3.87. The van der Waals surface area contributed by atoms with Gasteiger partial charge in [-0.05, 0) is 31.9 Å². The first-order chi connectivity index (χ1) is 12.5. The Kier molecular flexibility index (Phi) is 5.55. The Labute approximate surface area is 156 Å².